The van der Waals surface area contributed by atoms with Gasteiger partial charge in [0.15, 0.2) is 0 Å². The number of sulfonamides is 2. The van der Waals surface area contributed by atoms with Gasteiger partial charge in [-0.15, -0.1) is 0 Å². The fraction of sp³-hybridized carbons (Fsp3) is 0.167. The van der Waals surface area contributed by atoms with E-state index in [0.717, 1.165) is 15.4 Å². The van der Waals surface area contributed by atoms with Crippen LogP contribution in [0.15, 0.2) is 107 Å². The van der Waals surface area contributed by atoms with Crippen LogP contribution in [0, 0.1) is 13.8 Å². The molecule has 0 aliphatic heterocycles. The number of amides is 1. The zero-order chi connectivity index (χ0) is 29.6. The molecule has 0 radical (unpaired) electrons. The zero-order valence-corrected chi connectivity index (χ0v) is 24.5. The van der Waals surface area contributed by atoms with Gasteiger partial charge in [0.25, 0.3) is 20.0 Å². The van der Waals surface area contributed by atoms with Crippen molar-refractivity contribution in [2.45, 2.75) is 30.6 Å². The van der Waals surface area contributed by atoms with Crippen molar-refractivity contribution in [2.24, 2.45) is 0 Å². The lowest BCUT2D eigenvalue weighted by Gasteiger charge is -2.24. The molecule has 0 saturated heterocycles. The normalized spacial score (nSPS) is 11.5. The van der Waals surface area contributed by atoms with E-state index >= 15 is 0 Å². The van der Waals surface area contributed by atoms with Gasteiger partial charge >= 0.3 is 0 Å². The largest absolute Gasteiger partial charge is 0.494 e. The average molecular weight is 594 g/mol. The van der Waals surface area contributed by atoms with Crippen LogP contribution in [0.3, 0.4) is 0 Å². The second-order valence-electron chi connectivity index (χ2n) is 9.23. The third kappa shape index (κ3) is 7.24. The molecular formula is C30H31N3O6S2. The molecule has 0 aromatic heterocycles. The number of anilines is 3. The van der Waals surface area contributed by atoms with Crippen molar-refractivity contribution < 1.29 is 26.4 Å². The Morgan fingerprint density at radius 1 is 0.756 bits per heavy atom. The summed E-state index contributed by atoms with van der Waals surface area (Å²) in [6, 6.07) is 25.1. The summed E-state index contributed by atoms with van der Waals surface area (Å²) in [5.74, 6) is -0.0398. The lowest BCUT2D eigenvalue weighted by atomic mass is 10.1. The first-order valence-electron chi connectivity index (χ1n) is 12.8. The molecule has 0 heterocycles. The monoisotopic (exact) mass is 593 g/mol. The quantitative estimate of drug-likeness (QED) is 0.242. The Hall–Kier alpha value is -4.35. The molecule has 0 fully saturated rings. The summed E-state index contributed by atoms with van der Waals surface area (Å²) in [5.41, 5.74) is 3.04. The van der Waals surface area contributed by atoms with Gasteiger partial charge in [0.05, 0.1) is 22.1 Å². The van der Waals surface area contributed by atoms with Crippen molar-refractivity contribution in [1.29, 1.82) is 0 Å². The summed E-state index contributed by atoms with van der Waals surface area (Å²) in [7, 11) is -7.95. The van der Waals surface area contributed by atoms with Crippen LogP contribution in [-0.2, 0) is 24.8 Å². The van der Waals surface area contributed by atoms with Crippen molar-refractivity contribution in [1.82, 2.24) is 0 Å². The van der Waals surface area contributed by atoms with Crippen LogP contribution in [0.1, 0.15) is 18.1 Å². The van der Waals surface area contributed by atoms with Crippen molar-refractivity contribution >= 4 is 43.0 Å². The minimum atomic E-state index is -4.08. The van der Waals surface area contributed by atoms with Gasteiger partial charge in [-0.25, -0.2) is 16.8 Å². The summed E-state index contributed by atoms with van der Waals surface area (Å²) >= 11 is 0. The highest BCUT2D eigenvalue weighted by molar-refractivity contribution is 7.93. The van der Waals surface area contributed by atoms with E-state index in [2.05, 4.69) is 10.0 Å². The summed E-state index contributed by atoms with van der Waals surface area (Å²) in [6.07, 6.45) is 0. The topological polar surface area (TPSA) is 122 Å². The molecule has 0 atom stereocenters. The molecule has 11 heteroatoms. The third-order valence-electron chi connectivity index (χ3n) is 6.26. The van der Waals surface area contributed by atoms with Gasteiger partial charge in [-0.2, -0.15) is 0 Å². The molecule has 1 amide bonds. The van der Waals surface area contributed by atoms with Crippen LogP contribution in [0.5, 0.6) is 5.75 Å². The number of carbonyl (C=O) groups excluding carboxylic acids is 1. The molecule has 2 N–H and O–H groups in total. The van der Waals surface area contributed by atoms with Gasteiger partial charge in [-0.3, -0.25) is 13.8 Å². The van der Waals surface area contributed by atoms with Gasteiger partial charge in [-0.05, 0) is 105 Å². The number of aryl methyl sites for hydroxylation is 2. The number of nitrogens with one attached hydrogen (secondary N) is 2. The molecule has 4 aromatic rings. The van der Waals surface area contributed by atoms with Gasteiger partial charge in [0, 0.05) is 11.4 Å². The van der Waals surface area contributed by atoms with E-state index < -0.39 is 32.5 Å². The van der Waals surface area contributed by atoms with Crippen LogP contribution in [0.2, 0.25) is 0 Å². The Morgan fingerprint density at radius 3 is 2.00 bits per heavy atom. The van der Waals surface area contributed by atoms with E-state index in [4.69, 9.17) is 4.74 Å². The Morgan fingerprint density at radius 2 is 1.39 bits per heavy atom. The highest BCUT2D eigenvalue weighted by Gasteiger charge is 2.27. The molecule has 0 unspecified atom stereocenters. The molecule has 0 saturated carbocycles. The van der Waals surface area contributed by atoms with Crippen LogP contribution < -0.4 is 19.1 Å². The van der Waals surface area contributed by atoms with Crippen LogP contribution in [0.4, 0.5) is 17.1 Å². The van der Waals surface area contributed by atoms with Crippen molar-refractivity contribution in [3.63, 3.8) is 0 Å². The number of ether oxygens (including phenoxy) is 1. The predicted octanol–water partition coefficient (Wildman–Crippen LogP) is 5.34. The Balaban J connectivity index is 1.52. The fourth-order valence-corrected chi connectivity index (χ4v) is 6.47. The van der Waals surface area contributed by atoms with Gasteiger partial charge in [0.2, 0.25) is 5.91 Å². The minimum Gasteiger partial charge on any atom is -0.494 e. The van der Waals surface area contributed by atoms with E-state index in [1.807, 2.05) is 26.8 Å². The molecule has 4 rings (SSSR count). The maximum Gasteiger partial charge on any atom is 0.264 e. The molecule has 0 spiro atoms. The number of hydrogen-bond acceptors (Lipinski definition) is 6. The standard InChI is InChI=1S/C30H31N3O6S2/c1-4-39-27-16-14-26(15-17-27)33(41(37,38)29-8-6-5-7-9-29)21-30(34)31-24-12-18-28(19-13-24)40(35,36)32-25-11-10-22(2)23(3)20-25/h5-20,32H,4,21H2,1-3H3,(H,31,34). The van der Waals surface area contributed by atoms with E-state index in [9.17, 15) is 21.6 Å². The van der Waals surface area contributed by atoms with Crippen LogP contribution in [0.25, 0.3) is 0 Å². The molecule has 0 aliphatic carbocycles. The Bertz CT molecular complexity index is 1720. The highest BCUT2D eigenvalue weighted by Crippen LogP contribution is 2.26. The summed E-state index contributed by atoms with van der Waals surface area (Å²) in [5, 5.41) is 2.65. The number of nitrogens with zero attached hydrogens (tertiary/aromatic N) is 1. The van der Waals surface area contributed by atoms with Crippen molar-refractivity contribution in [2.75, 3.05) is 27.5 Å². The Labute approximate surface area is 240 Å². The minimum absolute atomic E-state index is 0.0106. The molecule has 41 heavy (non-hydrogen) atoms. The second-order valence-corrected chi connectivity index (χ2v) is 12.8. The lowest BCUT2D eigenvalue weighted by molar-refractivity contribution is -0.114. The first kappa shape index (κ1) is 29.6. The van der Waals surface area contributed by atoms with Crippen molar-refractivity contribution in [3.8, 4) is 5.75 Å². The molecular weight excluding hydrogens is 562 g/mol. The van der Waals surface area contributed by atoms with Crippen LogP contribution in [-0.4, -0.2) is 35.9 Å². The number of hydrogen-bond donors (Lipinski definition) is 2. The average Bonchev–Trinajstić information content (AvgIpc) is 2.95. The highest BCUT2D eigenvalue weighted by atomic mass is 32.2. The molecule has 0 bridgehead atoms. The summed E-state index contributed by atoms with van der Waals surface area (Å²) in [4.78, 5) is 13.1. The van der Waals surface area contributed by atoms with E-state index in [-0.39, 0.29) is 15.5 Å². The van der Waals surface area contributed by atoms with Crippen molar-refractivity contribution in [3.05, 3.63) is 108 Å². The smallest absolute Gasteiger partial charge is 0.264 e. The SMILES string of the molecule is CCOc1ccc(N(CC(=O)Nc2ccc(S(=O)(=O)Nc3ccc(C)c(C)c3)cc2)S(=O)(=O)c2ccccc2)cc1. The predicted molar refractivity (Wildman–Crippen MR) is 160 cm³/mol. The number of carbonyl (C=O) groups is 1. The molecule has 9 nitrogen and oxygen atoms in total. The molecule has 4 aromatic carbocycles. The van der Waals surface area contributed by atoms with E-state index in [1.54, 1.807) is 54.6 Å². The maximum atomic E-state index is 13.5. The summed E-state index contributed by atoms with van der Waals surface area (Å²) < 4.78 is 61.8. The number of rotatable bonds is 11. The van der Waals surface area contributed by atoms with Gasteiger partial charge < -0.3 is 10.1 Å². The van der Waals surface area contributed by atoms with E-state index in [1.165, 1.54) is 36.4 Å². The van der Waals surface area contributed by atoms with Crippen LogP contribution >= 0.6 is 0 Å². The molecule has 0 aliphatic rings. The fourth-order valence-electron chi connectivity index (χ4n) is 3.98. The summed E-state index contributed by atoms with van der Waals surface area (Å²) in [6.45, 7) is 5.62. The first-order valence-corrected chi connectivity index (χ1v) is 15.7. The number of benzene rings is 4. The lowest BCUT2D eigenvalue weighted by Crippen LogP contribution is -2.38. The second kappa shape index (κ2) is 12.4. The first-order chi connectivity index (χ1) is 19.5. The van der Waals surface area contributed by atoms with Gasteiger partial charge in [-0.1, -0.05) is 24.3 Å². The van der Waals surface area contributed by atoms with E-state index in [0.29, 0.717) is 23.7 Å². The molecule has 214 valence electrons. The van der Waals surface area contributed by atoms with Gasteiger partial charge in [0.1, 0.15) is 12.3 Å². The Kier molecular flexibility index (Phi) is 8.99. The zero-order valence-electron chi connectivity index (χ0n) is 22.9. The maximum absolute atomic E-state index is 13.5. The third-order valence-corrected chi connectivity index (χ3v) is 9.45.